The van der Waals surface area contributed by atoms with Gasteiger partial charge in [-0.05, 0) is 24.3 Å². The fourth-order valence-electron chi connectivity index (χ4n) is 2.61. The van der Waals surface area contributed by atoms with Crippen LogP contribution in [0, 0.1) is 0 Å². The van der Waals surface area contributed by atoms with Crippen LogP contribution in [0.5, 0.6) is 5.75 Å². The van der Waals surface area contributed by atoms with Gasteiger partial charge in [0.15, 0.2) is 6.10 Å². The monoisotopic (exact) mass is 372 g/mol. The summed E-state index contributed by atoms with van der Waals surface area (Å²) in [6.45, 7) is 0.0202. The van der Waals surface area contributed by atoms with Gasteiger partial charge >= 0.3 is 5.97 Å². The average Bonchev–Trinajstić information content (AvgIpc) is 2.65. The predicted molar refractivity (Wildman–Crippen MR) is 96.5 cm³/mol. The molecule has 1 unspecified atom stereocenters. The van der Waals surface area contributed by atoms with Crippen LogP contribution in [0.3, 0.4) is 0 Å². The number of rotatable bonds is 5. The van der Waals surface area contributed by atoms with E-state index in [1.54, 1.807) is 42.5 Å². The number of amides is 2. The molecule has 2 aromatic rings. The van der Waals surface area contributed by atoms with Crippen LogP contribution in [0.25, 0.3) is 0 Å². The smallest absolute Gasteiger partial charge is 0.336 e. The van der Waals surface area contributed by atoms with E-state index in [1.165, 1.54) is 11.0 Å². The normalized spacial score (nSPS) is 15.7. The standard InChI is InChI=1S/C18H16N2O5S/c19-17(22)14-9-20(12-6-2-3-7-13(12)25-14)16(21)10-26-15-8-4-1-5-11(15)18(23)24/h1-8,14H,9-10H2,(H2,19,22)(H,23,24). The third kappa shape index (κ3) is 3.65. The van der Waals surface area contributed by atoms with E-state index in [2.05, 4.69) is 0 Å². The summed E-state index contributed by atoms with van der Waals surface area (Å²) in [5, 5.41) is 9.23. The van der Waals surface area contributed by atoms with Gasteiger partial charge in [-0.2, -0.15) is 0 Å². The van der Waals surface area contributed by atoms with Gasteiger partial charge in [0.25, 0.3) is 5.91 Å². The summed E-state index contributed by atoms with van der Waals surface area (Å²) in [4.78, 5) is 37.5. The van der Waals surface area contributed by atoms with Crippen LogP contribution in [0.1, 0.15) is 10.4 Å². The number of benzene rings is 2. The fraction of sp³-hybridized carbons (Fsp3) is 0.167. The number of carbonyl (C=O) groups excluding carboxylic acids is 2. The summed E-state index contributed by atoms with van der Waals surface area (Å²) < 4.78 is 5.53. The molecule has 0 saturated carbocycles. The van der Waals surface area contributed by atoms with E-state index in [0.29, 0.717) is 16.3 Å². The first kappa shape index (κ1) is 17.8. The molecule has 0 aromatic heterocycles. The summed E-state index contributed by atoms with van der Waals surface area (Å²) >= 11 is 1.13. The SMILES string of the molecule is NC(=O)C1CN(C(=O)CSc2ccccc2C(=O)O)c2ccccc2O1. The number of hydrogen-bond acceptors (Lipinski definition) is 5. The zero-order chi connectivity index (χ0) is 18.7. The predicted octanol–water partition coefficient (Wildman–Crippen LogP) is 1.76. The first-order valence-electron chi connectivity index (χ1n) is 7.78. The Morgan fingerprint density at radius 1 is 1.15 bits per heavy atom. The molecule has 2 amide bonds. The van der Waals surface area contributed by atoms with Crippen LogP contribution in [0.15, 0.2) is 53.4 Å². The highest BCUT2D eigenvalue weighted by Gasteiger charge is 2.32. The first-order chi connectivity index (χ1) is 12.5. The van der Waals surface area contributed by atoms with Crippen LogP contribution < -0.4 is 15.4 Å². The van der Waals surface area contributed by atoms with E-state index in [9.17, 15) is 19.5 Å². The minimum absolute atomic E-state index is 0.0180. The lowest BCUT2D eigenvalue weighted by molar-refractivity contribution is -0.125. The van der Waals surface area contributed by atoms with Gasteiger partial charge in [0.2, 0.25) is 5.91 Å². The Morgan fingerprint density at radius 3 is 2.58 bits per heavy atom. The molecule has 1 aliphatic heterocycles. The second-order valence-electron chi connectivity index (χ2n) is 5.57. The molecule has 0 fully saturated rings. The fourth-order valence-corrected chi connectivity index (χ4v) is 3.53. The summed E-state index contributed by atoms with van der Waals surface area (Å²) in [5.74, 6) is -1.54. The number of aromatic carboxylic acids is 1. The molecule has 26 heavy (non-hydrogen) atoms. The molecule has 0 radical (unpaired) electrons. The van der Waals surface area contributed by atoms with Crippen molar-refractivity contribution < 1.29 is 24.2 Å². The molecule has 7 nitrogen and oxygen atoms in total. The van der Waals surface area contributed by atoms with Gasteiger partial charge in [0.1, 0.15) is 5.75 Å². The van der Waals surface area contributed by atoms with E-state index in [1.807, 2.05) is 0 Å². The van der Waals surface area contributed by atoms with Crippen LogP contribution in [-0.4, -0.2) is 41.3 Å². The van der Waals surface area contributed by atoms with Crippen molar-refractivity contribution in [3.05, 3.63) is 54.1 Å². The zero-order valence-electron chi connectivity index (χ0n) is 13.6. The highest BCUT2D eigenvalue weighted by atomic mass is 32.2. The Bertz CT molecular complexity index is 870. The van der Waals surface area contributed by atoms with E-state index in [4.69, 9.17) is 10.5 Å². The van der Waals surface area contributed by atoms with Gasteiger partial charge < -0.3 is 20.5 Å². The molecular formula is C18H16N2O5S. The van der Waals surface area contributed by atoms with E-state index in [0.717, 1.165) is 11.8 Å². The number of nitrogens with zero attached hydrogens (tertiary/aromatic N) is 1. The Labute approximate surface area is 153 Å². The molecule has 0 aliphatic carbocycles. The molecule has 0 bridgehead atoms. The number of primary amides is 1. The highest BCUT2D eigenvalue weighted by Crippen LogP contribution is 2.34. The summed E-state index contributed by atoms with van der Waals surface area (Å²) in [6.07, 6.45) is -0.926. The van der Waals surface area contributed by atoms with Crippen LogP contribution in [-0.2, 0) is 9.59 Å². The second-order valence-corrected chi connectivity index (χ2v) is 6.59. The third-order valence-corrected chi connectivity index (χ3v) is 4.92. The van der Waals surface area contributed by atoms with Gasteiger partial charge in [-0.15, -0.1) is 11.8 Å². The Hall–Kier alpha value is -3.00. The molecule has 1 aliphatic rings. The van der Waals surface area contributed by atoms with Crippen molar-refractivity contribution in [2.24, 2.45) is 5.73 Å². The number of carbonyl (C=O) groups is 3. The molecule has 2 aromatic carbocycles. The topological polar surface area (TPSA) is 110 Å². The van der Waals surface area contributed by atoms with E-state index in [-0.39, 0.29) is 23.8 Å². The van der Waals surface area contributed by atoms with Crippen molar-refractivity contribution in [1.82, 2.24) is 0 Å². The zero-order valence-corrected chi connectivity index (χ0v) is 14.4. The molecule has 0 spiro atoms. The molecule has 8 heteroatoms. The van der Waals surface area contributed by atoms with E-state index < -0.39 is 18.0 Å². The van der Waals surface area contributed by atoms with Crippen LogP contribution in [0.2, 0.25) is 0 Å². The maximum Gasteiger partial charge on any atom is 0.336 e. The minimum atomic E-state index is -1.05. The lowest BCUT2D eigenvalue weighted by atomic mass is 10.2. The molecule has 134 valence electrons. The van der Waals surface area contributed by atoms with Crippen LogP contribution in [0.4, 0.5) is 5.69 Å². The largest absolute Gasteiger partial charge is 0.478 e. The first-order valence-corrected chi connectivity index (χ1v) is 8.76. The number of carboxylic acids is 1. The number of ether oxygens (including phenoxy) is 1. The molecule has 3 N–H and O–H groups in total. The van der Waals surface area contributed by atoms with Crippen molar-refractivity contribution in [3.63, 3.8) is 0 Å². The highest BCUT2D eigenvalue weighted by molar-refractivity contribution is 8.00. The summed E-state index contributed by atoms with van der Waals surface area (Å²) in [6, 6.07) is 13.4. The number of carboxylic acid groups (broad SMARTS) is 1. The Morgan fingerprint density at radius 2 is 1.85 bits per heavy atom. The van der Waals surface area contributed by atoms with Gasteiger partial charge in [0.05, 0.1) is 23.5 Å². The van der Waals surface area contributed by atoms with Crippen molar-refractivity contribution in [2.75, 3.05) is 17.2 Å². The lowest BCUT2D eigenvalue weighted by Crippen LogP contribution is -2.49. The maximum absolute atomic E-state index is 12.7. The van der Waals surface area contributed by atoms with Crippen LogP contribution >= 0.6 is 11.8 Å². The number of fused-ring (bicyclic) bond motifs is 1. The number of hydrogen-bond donors (Lipinski definition) is 2. The average molecular weight is 372 g/mol. The molecular weight excluding hydrogens is 356 g/mol. The van der Waals surface area contributed by atoms with Crippen molar-refractivity contribution in [1.29, 1.82) is 0 Å². The molecule has 3 rings (SSSR count). The number of nitrogens with two attached hydrogens (primary N) is 1. The van der Waals surface area contributed by atoms with Gasteiger partial charge in [0, 0.05) is 4.90 Å². The second kappa shape index (κ2) is 7.49. The summed E-state index contributed by atoms with van der Waals surface area (Å²) in [5.41, 5.74) is 6.03. The molecule has 1 atom stereocenters. The van der Waals surface area contributed by atoms with E-state index >= 15 is 0 Å². The third-order valence-electron chi connectivity index (χ3n) is 3.86. The number of para-hydroxylation sites is 2. The quantitative estimate of drug-likeness (QED) is 0.774. The number of thioether (sulfide) groups is 1. The molecule has 0 saturated heterocycles. The molecule has 1 heterocycles. The Balaban J connectivity index is 1.79. The maximum atomic E-state index is 12.7. The Kier molecular flexibility index (Phi) is 5.13. The number of anilines is 1. The van der Waals surface area contributed by atoms with Crippen molar-refractivity contribution >= 4 is 35.2 Å². The van der Waals surface area contributed by atoms with Crippen molar-refractivity contribution in [2.45, 2.75) is 11.0 Å². The van der Waals surface area contributed by atoms with Gasteiger partial charge in [-0.25, -0.2) is 4.79 Å². The van der Waals surface area contributed by atoms with Gasteiger partial charge in [-0.3, -0.25) is 9.59 Å². The summed E-state index contributed by atoms with van der Waals surface area (Å²) in [7, 11) is 0. The van der Waals surface area contributed by atoms with Gasteiger partial charge in [-0.1, -0.05) is 24.3 Å². The van der Waals surface area contributed by atoms with Crippen molar-refractivity contribution in [3.8, 4) is 5.75 Å². The minimum Gasteiger partial charge on any atom is -0.478 e. The lowest BCUT2D eigenvalue weighted by Gasteiger charge is -2.33.